The normalized spacial score (nSPS) is 18.1. The van der Waals surface area contributed by atoms with Gasteiger partial charge in [-0.15, -0.1) is 0 Å². The highest BCUT2D eigenvalue weighted by molar-refractivity contribution is 6.33. The largest absolute Gasteiger partial charge is 0.402 e. The van der Waals surface area contributed by atoms with Crippen LogP contribution in [-0.4, -0.2) is 53.8 Å². The molecule has 166 valence electrons. The van der Waals surface area contributed by atoms with Crippen LogP contribution in [0.25, 0.3) is 10.8 Å². The predicted octanol–water partition coefficient (Wildman–Crippen LogP) is 3.90. The molecule has 2 aliphatic rings. The number of nitrogens with two attached hydrogens (primary N) is 1. The molecule has 0 atom stereocenters. The molecule has 3 aromatic rings. The number of para-hydroxylation sites is 1. The zero-order valence-electron chi connectivity index (χ0n) is 17.8. The van der Waals surface area contributed by atoms with Crippen LogP contribution in [0.2, 0.25) is 5.02 Å². The van der Waals surface area contributed by atoms with Gasteiger partial charge in [0.25, 0.3) is 0 Å². The molecule has 33 heavy (non-hydrogen) atoms. The van der Waals surface area contributed by atoms with Crippen molar-refractivity contribution in [3.63, 3.8) is 0 Å². The van der Waals surface area contributed by atoms with Gasteiger partial charge in [-0.1, -0.05) is 60.1 Å². The molecule has 0 saturated carbocycles. The number of guanidine groups is 1. The number of halogens is 1. The lowest BCUT2D eigenvalue weighted by atomic mass is 10.0. The molecule has 0 spiro atoms. The number of hydrogen-bond donors (Lipinski definition) is 1. The summed E-state index contributed by atoms with van der Waals surface area (Å²) in [5, 5.41) is 2.62. The van der Waals surface area contributed by atoms with Crippen LogP contribution in [-0.2, 0) is 9.53 Å². The van der Waals surface area contributed by atoms with Crippen molar-refractivity contribution in [3.05, 3.63) is 89.2 Å². The number of carbonyl (C=O) groups excluding carboxylic acids is 1. The van der Waals surface area contributed by atoms with Gasteiger partial charge < -0.3 is 20.3 Å². The number of fused-ring (bicyclic) bond motifs is 1. The molecule has 2 aliphatic heterocycles. The molecule has 2 N–H and O–H groups in total. The molecule has 1 fully saturated rings. The number of piperazine rings is 1. The molecule has 0 bridgehead atoms. The van der Waals surface area contributed by atoms with Gasteiger partial charge in [0.15, 0.2) is 11.7 Å². The third kappa shape index (κ3) is 4.40. The summed E-state index contributed by atoms with van der Waals surface area (Å²) in [5.74, 6) is 0.310. The summed E-state index contributed by atoms with van der Waals surface area (Å²) >= 11 is 6.17. The number of cyclic esters (lactones) is 1. The molecule has 0 unspecified atom stereocenters. The molecular formula is C25H22ClN5O2. The van der Waals surface area contributed by atoms with Crippen LogP contribution in [0.5, 0.6) is 0 Å². The van der Waals surface area contributed by atoms with E-state index in [9.17, 15) is 4.79 Å². The third-order valence-electron chi connectivity index (χ3n) is 5.67. The molecule has 2 heterocycles. The van der Waals surface area contributed by atoms with Gasteiger partial charge >= 0.3 is 5.97 Å². The number of hydrogen-bond acceptors (Lipinski definition) is 5. The highest BCUT2D eigenvalue weighted by Crippen LogP contribution is 2.25. The fourth-order valence-corrected chi connectivity index (χ4v) is 4.09. The Morgan fingerprint density at radius 3 is 2.55 bits per heavy atom. The fourth-order valence-electron chi connectivity index (χ4n) is 3.92. The van der Waals surface area contributed by atoms with Crippen molar-refractivity contribution < 1.29 is 9.53 Å². The smallest absolute Gasteiger partial charge is 0.365 e. The van der Waals surface area contributed by atoms with Crippen LogP contribution in [0.15, 0.2) is 88.6 Å². The van der Waals surface area contributed by atoms with E-state index in [0.29, 0.717) is 54.4 Å². The standard InChI is InChI=1S/C25H22ClN5O2/c26-20-10-3-4-11-21(20)29-25(27)31-14-12-30(13-15-31)16-22-24(32)33-23(28-22)19-9-5-7-17-6-1-2-8-18(17)19/h1-11,16H,12-15H2,(H2,27,29). The quantitative estimate of drug-likeness (QED) is 0.278. The Morgan fingerprint density at radius 1 is 1.00 bits per heavy atom. The van der Waals surface area contributed by atoms with E-state index in [1.807, 2.05) is 70.5 Å². The number of carbonyl (C=O) groups is 1. The van der Waals surface area contributed by atoms with Crippen molar-refractivity contribution in [2.24, 2.45) is 15.7 Å². The van der Waals surface area contributed by atoms with E-state index in [0.717, 1.165) is 16.3 Å². The number of rotatable bonds is 3. The first-order valence-electron chi connectivity index (χ1n) is 10.7. The van der Waals surface area contributed by atoms with Gasteiger partial charge in [0.2, 0.25) is 5.90 Å². The van der Waals surface area contributed by atoms with Gasteiger partial charge in [-0.05, 0) is 29.0 Å². The van der Waals surface area contributed by atoms with Crippen LogP contribution < -0.4 is 5.73 Å². The number of benzene rings is 3. The van der Waals surface area contributed by atoms with Crippen LogP contribution in [0.1, 0.15) is 5.56 Å². The van der Waals surface area contributed by atoms with E-state index in [1.54, 1.807) is 12.3 Å². The molecule has 8 heteroatoms. The summed E-state index contributed by atoms with van der Waals surface area (Å²) < 4.78 is 5.50. The second kappa shape index (κ2) is 8.96. The van der Waals surface area contributed by atoms with E-state index >= 15 is 0 Å². The lowest BCUT2D eigenvalue weighted by Crippen LogP contribution is -2.49. The van der Waals surface area contributed by atoms with Crippen molar-refractivity contribution in [1.82, 2.24) is 9.80 Å². The number of nitrogens with zero attached hydrogens (tertiary/aromatic N) is 4. The Morgan fingerprint density at radius 2 is 1.73 bits per heavy atom. The second-order valence-electron chi connectivity index (χ2n) is 7.79. The monoisotopic (exact) mass is 459 g/mol. The van der Waals surface area contributed by atoms with Crippen molar-refractivity contribution in [1.29, 1.82) is 0 Å². The Balaban J connectivity index is 1.29. The molecule has 0 amide bonds. The summed E-state index contributed by atoms with van der Waals surface area (Å²) in [6.07, 6.45) is 1.76. The molecule has 1 saturated heterocycles. The van der Waals surface area contributed by atoms with Crippen LogP contribution in [0.4, 0.5) is 5.69 Å². The van der Waals surface area contributed by atoms with Gasteiger partial charge in [0.05, 0.1) is 10.7 Å². The first-order valence-corrected chi connectivity index (χ1v) is 11.0. The average Bonchev–Trinajstić information content (AvgIpc) is 3.20. The minimum Gasteiger partial charge on any atom is -0.402 e. The number of ether oxygens (including phenoxy) is 1. The SMILES string of the molecule is NC(=Nc1ccccc1Cl)N1CCN(C=C2N=C(c3cccc4ccccc34)OC2=O)CC1. The Bertz CT molecular complexity index is 1300. The molecule has 5 rings (SSSR count). The first kappa shape index (κ1) is 21.0. The zero-order valence-corrected chi connectivity index (χ0v) is 18.6. The van der Waals surface area contributed by atoms with Crippen molar-refractivity contribution in [2.45, 2.75) is 0 Å². The Labute approximate surface area is 196 Å². The van der Waals surface area contributed by atoms with Crippen LogP contribution in [0, 0.1) is 0 Å². The Hall–Kier alpha value is -3.84. The highest BCUT2D eigenvalue weighted by Gasteiger charge is 2.27. The minimum atomic E-state index is -0.444. The maximum atomic E-state index is 12.5. The first-order chi connectivity index (χ1) is 16.1. The predicted molar refractivity (Wildman–Crippen MR) is 131 cm³/mol. The van der Waals surface area contributed by atoms with Crippen LogP contribution in [0.3, 0.4) is 0 Å². The molecule has 0 radical (unpaired) electrons. The summed E-state index contributed by atoms with van der Waals surface area (Å²) in [4.78, 5) is 25.5. The average molecular weight is 460 g/mol. The molecule has 0 aliphatic carbocycles. The van der Waals surface area contributed by atoms with Crippen molar-refractivity contribution in [3.8, 4) is 0 Å². The fraction of sp³-hybridized carbons (Fsp3) is 0.160. The van der Waals surface area contributed by atoms with Gasteiger partial charge in [-0.25, -0.2) is 14.8 Å². The maximum absolute atomic E-state index is 12.5. The lowest BCUT2D eigenvalue weighted by molar-refractivity contribution is -0.130. The molecule has 3 aromatic carbocycles. The maximum Gasteiger partial charge on any atom is 0.365 e. The van der Waals surface area contributed by atoms with E-state index in [4.69, 9.17) is 22.1 Å². The minimum absolute atomic E-state index is 0.295. The van der Waals surface area contributed by atoms with Crippen molar-refractivity contribution >= 4 is 45.9 Å². The summed E-state index contributed by atoms with van der Waals surface area (Å²) in [7, 11) is 0. The second-order valence-corrected chi connectivity index (χ2v) is 8.20. The van der Waals surface area contributed by atoms with Crippen LogP contribution >= 0.6 is 11.6 Å². The van der Waals surface area contributed by atoms with Gasteiger partial charge in [0.1, 0.15) is 0 Å². The van der Waals surface area contributed by atoms with Gasteiger partial charge in [-0.3, -0.25) is 0 Å². The number of esters is 1. The summed E-state index contributed by atoms with van der Waals surface area (Å²) in [5.41, 5.74) is 7.94. The highest BCUT2D eigenvalue weighted by atomic mass is 35.5. The Kier molecular flexibility index (Phi) is 5.71. The zero-order chi connectivity index (χ0) is 22.8. The third-order valence-corrected chi connectivity index (χ3v) is 5.99. The summed E-state index contributed by atoms with van der Waals surface area (Å²) in [6, 6.07) is 21.2. The molecular weight excluding hydrogens is 438 g/mol. The summed E-state index contributed by atoms with van der Waals surface area (Å²) in [6.45, 7) is 2.68. The number of aliphatic imine (C=N–C) groups is 2. The van der Waals surface area contributed by atoms with E-state index < -0.39 is 5.97 Å². The topological polar surface area (TPSA) is 83.5 Å². The molecule has 0 aromatic heterocycles. The van der Waals surface area contributed by atoms with E-state index in [-0.39, 0.29) is 0 Å². The van der Waals surface area contributed by atoms with E-state index in [2.05, 4.69) is 9.98 Å². The van der Waals surface area contributed by atoms with Gasteiger partial charge in [0, 0.05) is 37.9 Å². The van der Waals surface area contributed by atoms with Gasteiger partial charge in [-0.2, -0.15) is 0 Å². The lowest BCUT2D eigenvalue weighted by Gasteiger charge is -2.34. The molecule has 7 nitrogen and oxygen atoms in total. The van der Waals surface area contributed by atoms with E-state index in [1.165, 1.54) is 0 Å². The van der Waals surface area contributed by atoms with Crippen molar-refractivity contribution in [2.75, 3.05) is 26.2 Å².